The monoisotopic (exact) mass is 306 g/mol. The summed E-state index contributed by atoms with van der Waals surface area (Å²) in [6, 6.07) is 2.97. The van der Waals surface area contributed by atoms with Crippen LogP contribution in [0, 0.1) is 11.3 Å². The van der Waals surface area contributed by atoms with Crippen molar-refractivity contribution in [2.45, 2.75) is 44.6 Å². The Morgan fingerprint density at radius 2 is 1.95 bits per heavy atom. The Kier molecular flexibility index (Phi) is 3.27. The van der Waals surface area contributed by atoms with E-state index in [9.17, 15) is 25.2 Å². The van der Waals surface area contributed by atoms with Gasteiger partial charge in [-0.25, -0.2) is 0 Å². The third kappa shape index (κ3) is 1.75. The molecule has 3 rings (SSSR count). The molecule has 0 aromatic heterocycles. The van der Waals surface area contributed by atoms with Gasteiger partial charge in [-0.2, -0.15) is 0 Å². The lowest BCUT2D eigenvalue weighted by Gasteiger charge is -2.56. The first kappa shape index (κ1) is 15.3. The zero-order chi connectivity index (χ0) is 16.3. The van der Waals surface area contributed by atoms with E-state index in [0.29, 0.717) is 18.4 Å². The SMILES string of the molecule is CC1(CO)CCC(O)C2(C)c3ccc(O)c(O)c3C(=O)CC12. The highest BCUT2D eigenvalue weighted by molar-refractivity contribution is 6.02. The number of aromatic hydroxyl groups is 2. The molecule has 0 radical (unpaired) electrons. The van der Waals surface area contributed by atoms with Crippen LogP contribution >= 0.6 is 0 Å². The summed E-state index contributed by atoms with van der Waals surface area (Å²) in [5, 5.41) is 40.3. The lowest BCUT2D eigenvalue weighted by Crippen LogP contribution is -2.58. The van der Waals surface area contributed by atoms with Gasteiger partial charge >= 0.3 is 0 Å². The zero-order valence-electron chi connectivity index (χ0n) is 12.8. The minimum Gasteiger partial charge on any atom is -0.504 e. The topological polar surface area (TPSA) is 98.0 Å². The van der Waals surface area contributed by atoms with E-state index in [2.05, 4.69) is 0 Å². The van der Waals surface area contributed by atoms with Gasteiger partial charge in [-0.3, -0.25) is 4.79 Å². The molecule has 0 amide bonds. The molecule has 0 spiro atoms. The summed E-state index contributed by atoms with van der Waals surface area (Å²) in [6.45, 7) is 3.78. The Morgan fingerprint density at radius 3 is 2.59 bits per heavy atom. The zero-order valence-corrected chi connectivity index (χ0v) is 12.8. The fraction of sp³-hybridized carbons (Fsp3) is 0.588. The summed E-state index contributed by atoms with van der Waals surface area (Å²) < 4.78 is 0. The van der Waals surface area contributed by atoms with Crippen molar-refractivity contribution in [3.05, 3.63) is 23.3 Å². The second-order valence-corrected chi connectivity index (χ2v) is 7.19. The first-order valence-electron chi connectivity index (χ1n) is 7.63. The van der Waals surface area contributed by atoms with Crippen molar-refractivity contribution in [3.63, 3.8) is 0 Å². The van der Waals surface area contributed by atoms with Crippen molar-refractivity contribution in [3.8, 4) is 11.5 Å². The summed E-state index contributed by atoms with van der Waals surface area (Å²) in [7, 11) is 0. The Bertz CT molecular complexity index is 640. The smallest absolute Gasteiger partial charge is 0.168 e. The maximum absolute atomic E-state index is 12.5. The molecule has 1 aromatic rings. The van der Waals surface area contributed by atoms with Gasteiger partial charge in [0.1, 0.15) is 0 Å². The molecule has 4 unspecified atom stereocenters. The van der Waals surface area contributed by atoms with Gasteiger partial charge < -0.3 is 20.4 Å². The molecule has 0 saturated heterocycles. The summed E-state index contributed by atoms with van der Waals surface area (Å²) in [5.74, 6) is -1.20. The maximum Gasteiger partial charge on any atom is 0.168 e. The minimum absolute atomic E-state index is 0.0490. The second-order valence-electron chi connectivity index (χ2n) is 7.19. The Balaban J connectivity index is 2.26. The molecule has 5 nitrogen and oxygen atoms in total. The first-order chi connectivity index (χ1) is 10.3. The summed E-state index contributed by atoms with van der Waals surface area (Å²) in [4.78, 5) is 12.5. The second kappa shape index (κ2) is 4.70. The van der Waals surface area contributed by atoms with Crippen LogP contribution in [0.4, 0.5) is 0 Å². The summed E-state index contributed by atoms with van der Waals surface area (Å²) in [6.07, 6.45) is 0.666. The number of aliphatic hydroxyl groups is 2. The molecule has 0 aliphatic heterocycles. The molecule has 0 bridgehead atoms. The van der Waals surface area contributed by atoms with Crippen LogP contribution in [0.5, 0.6) is 11.5 Å². The highest BCUT2D eigenvalue weighted by Crippen LogP contribution is 2.58. The molecule has 120 valence electrons. The predicted octanol–water partition coefficient (Wildman–Crippen LogP) is 1.71. The molecular formula is C17H22O5. The number of carbonyl (C=O) groups excluding carboxylic acids is 1. The molecule has 4 atom stereocenters. The number of carbonyl (C=O) groups is 1. The molecule has 0 heterocycles. The normalized spacial score (nSPS) is 37.5. The van der Waals surface area contributed by atoms with Crippen molar-refractivity contribution >= 4 is 5.78 Å². The van der Waals surface area contributed by atoms with Crippen molar-refractivity contribution < 1.29 is 25.2 Å². The number of Topliss-reactive ketones (excluding diaryl/α,β-unsaturated/α-hetero) is 1. The van der Waals surface area contributed by atoms with E-state index in [4.69, 9.17) is 0 Å². The minimum atomic E-state index is -0.732. The lowest BCUT2D eigenvalue weighted by atomic mass is 9.48. The quantitative estimate of drug-likeness (QED) is 0.592. The number of hydrogen-bond donors (Lipinski definition) is 4. The molecule has 1 aromatic carbocycles. The molecule has 2 aliphatic rings. The molecule has 22 heavy (non-hydrogen) atoms. The largest absolute Gasteiger partial charge is 0.504 e. The van der Waals surface area contributed by atoms with Crippen molar-refractivity contribution in [2.24, 2.45) is 11.3 Å². The number of hydrogen-bond acceptors (Lipinski definition) is 5. The molecule has 5 heteroatoms. The number of ketones is 1. The number of phenols is 2. The van der Waals surface area contributed by atoms with E-state index in [1.807, 2.05) is 13.8 Å². The van der Waals surface area contributed by atoms with Crippen molar-refractivity contribution in [2.75, 3.05) is 6.61 Å². The van der Waals surface area contributed by atoms with E-state index in [-0.39, 0.29) is 36.0 Å². The Labute approximate surface area is 129 Å². The average Bonchev–Trinajstić information content (AvgIpc) is 2.49. The number of fused-ring (bicyclic) bond motifs is 3. The fourth-order valence-corrected chi connectivity index (χ4v) is 4.51. The van der Waals surface area contributed by atoms with Gasteiger partial charge in [0.25, 0.3) is 0 Å². The molecule has 1 fully saturated rings. The number of aliphatic hydroxyl groups excluding tert-OH is 2. The van der Waals surface area contributed by atoms with Crippen LogP contribution in [0.25, 0.3) is 0 Å². The van der Waals surface area contributed by atoms with Crippen LogP contribution in [0.1, 0.15) is 49.0 Å². The van der Waals surface area contributed by atoms with Gasteiger partial charge in [-0.1, -0.05) is 19.9 Å². The van der Waals surface area contributed by atoms with Crippen LogP contribution in [0.3, 0.4) is 0 Å². The van der Waals surface area contributed by atoms with Gasteiger partial charge in [-0.05, 0) is 35.8 Å². The highest BCUT2D eigenvalue weighted by atomic mass is 16.3. The van der Waals surface area contributed by atoms with Gasteiger partial charge in [0.2, 0.25) is 0 Å². The number of phenolic OH excluding ortho intramolecular Hbond substituents is 2. The predicted molar refractivity (Wildman–Crippen MR) is 80.0 cm³/mol. The van der Waals surface area contributed by atoms with E-state index >= 15 is 0 Å². The lowest BCUT2D eigenvalue weighted by molar-refractivity contribution is -0.0814. The van der Waals surface area contributed by atoms with Crippen LogP contribution in [0.2, 0.25) is 0 Å². The van der Waals surface area contributed by atoms with Crippen LogP contribution < -0.4 is 0 Å². The molecule has 4 N–H and O–H groups in total. The maximum atomic E-state index is 12.5. The van der Waals surface area contributed by atoms with Gasteiger partial charge in [0, 0.05) is 18.4 Å². The van der Waals surface area contributed by atoms with Crippen molar-refractivity contribution in [1.82, 2.24) is 0 Å². The Morgan fingerprint density at radius 1 is 1.27 bits per heavy atom. The van der Waals surface area contributed by atoms with E-state index in [1.54, 1.807) is 6.07 Å². The van der Waals surface area contributed by atoms with Crippen LogP contribution in [-0.4, -0.2) is 38.9 Å². The van der Waals surface area contributed by atoms with Gasteiger partial charge in [0.15, 0.2) is 17.3 Å². The first-order valence-corrected chi connectivity index (χ1v) is 7.63. The number of benzene rings is 1. The van der Waals surface area contributed by atoms with E-state index in [1.165, 1.54) is 6.07 Å². The van der Waals surface area contributed by atoms with Gasteiger partial charge in [-0.15, -0.1) is 0 Å². The third-order valence-electron chi connectivity index (χ3n) is 6.01. The molecule has 2 aliphatic carbocycles. The van der Waals surface area contributed by atoms with E-state index in [0.717, 1.165) is 0 Å². The third-order valence-corrected chi connectivity index (χ3v) is 6.01. The van der Waals surface area contributed by atoms with Crippen molar-refractivity contribution in [1.29, 1.82) is 0 Å². The number of rotatable bonds is 1. The van der Waals surface area contributed by atoms with Crippen LogP contribution in [-0.2, 0) is 5.41 Å². The summed E-state index contributed by atoms with van der Waals surface area (Å²) in [5.41, 5.74) is -0.505. The summed E-state index contributed by atoms with van der Waals surface area (Å²) >= 11 is 0. The molecule has 1 saturated carbocycles. The highest BCUT2D eigenvalue weighted by Gasteiger charge is 2.58. The average molecular weight is 306 g/mol. The fourth-order valence-electron chi connectivity index (χ4n) is 4.51. The standard InChI is InChI=1S/C17H22O5/c1-16(8-18)6-5-13(21)17(2)9-3-4-10(19)15(22)14(9)11(20)7-12(16)17/h3-4,12-13,18-19,21-22H,5-8H2,1-2H3. The van der Waals surface area contributed by atoms with Gasteiger partial charge in [0.05, 0.1) is 11.7 Å². The molecular weight excluding hydrogens is 284 g/mol. The van der Waals surface area contributed by atoms with Crippen LogP contribution in [0.15, 0.2) is 12.1 Å². The Hall–Kier alpha value is -1.59. The van der Waals surface area contributed by atoms with E-state index < -0.39 is 22.7 Å².